The highest BCUT2D eigenvalue weighted by Crippen LogP contribution is 2.27. The zero-order chi connectivity index (χ0) is 20.4. The summed E-state index contributed by atoms with van der Waals surface area (Å²) >= 11 is 0. The first-order valence-corrected chi connectivity index (χ1v) is 11.3. The van der Waals surface area contributed by atoms with Crippen LogP contribution < -0.4 is 4.90 Å². The molecule has 7 nitrogen and oxygen atoms in total. The highest BCUT2D eigenvalue weighted by Gasteiger charge is 2.28. The van der Waals surface area contributed by atoms with Gasteiger partial charge in [-0.05, 0) is 49.2 Å². The number of carbonyl (C=O) groups is 1. The molecule has 0 radical (unpaired) electrons. The van der Waals surface area contributed by atoms with Crippen LogP contribution in [-0.2, 0) is 10.0 Å². The molecule has 0 aliphatic carbocycles. The summed E-state index contributed by atoms with van der Waals surface area (Å²) in [5, 5.41) is 10.0. The quantitative estimate of drug-likeness (QED) is 0.828. The van der Waals surface area contributed by atoms with Gasteiger partial charge in [-0.3, -0.25) is 4.79 Å². The zero-order valence-corrected chi connectivity index (χ0v) is 17.0. The SMILES string of the molecule is O=C(c1ccc(S(=O)(=O)N2CCCC2)cc1)N1CCN(c2ccccc2O)CC1. The fourth-order valence-electron chi connectivity index (χ4n) is 3.91. The number of phenols is 1. The number of para-hydroxylation sites is 2. The van der Waals surface area contributed by atoms with E-state index < -0.39 is 10.0 Å². The van der Waals surface area contributed by atoms with Gasteiger partial charge in [0.15, 0.2) is 0 Å². The van der Waals surface area contributed by atoms with E-state index in [1.807, 2.05) is 12.1 Å². The van der Waals surface area contributed by atoms with Crippen LogP contribution in [0.4, 0.5) is 5.69 Å². The molecular formula is C21H25N3O4S. The van der Waals surface area contributed by atoms with E-state index in [4.69, 9.17) is 0 Å². The number of amides is 1. The number of rotatable bonds is 4. The van der Waals surface area contributed by atoms with Gasteiger partial charge < -0.3 is 14.9 Å². The monoisotopic (exact) mass is 415 g/mol. The normalized spacial score (nSPS) is 18.2. The maximum atomic E-state index is 12.8. The van der Waals surface area contributed by atoms with Crippen LogP contribution >= 0.6 is 0 Å². The first-order valence-electron chi connectivity index (χ1n) is 9.89. The smallest absolute Gasteiger partial charge is 0.253 e. The maximum Gasteiger partial charge on any atom is 0.253 e. The van der Waals surface area contributed by atoms with Gasteiger partial charge >= 0.3 is 0 Å². The number of anilines is 1. The van der Waals surface area contributed by atoms with Gasteiger partial charge in [0.1, 0.15) is 5.75 Å². The van der Waals surface area contributed by atoms with E-state index in [0.717, 1.165) is 18.5 Å². The van der Waals surface area contributed by atoms with Crippen molar-refractivity contribution in [1.82, 2.24) is 9.21 Å². The lowest BCUT2D eigenvalue weighted by Crippen LogP contribution is -2.48. The molecule has 2 aromatic carbocycles. The lowest BCUT2D eigenvalue weighted by molar-refractivity contribution is 0.0746. The molecule has 0 bridgehead atoms. The molecule has 2 aliphatic heterocycles. The zero-order valence-electron chi connectivity index (χ0n) is 16.2. The van der Waals surface area contributed by atoms with Crippen molar-refractivity contribution in [2.45, 2.75) is 17.7 Å². The largest absolute Gasteiger partial charge is 0.506 e. The second-order valence-corrected chi connectivity index (χ2v) is 9.34. The van der Waals surface area contributed by atoms with Gasteiger partial charge in [-0.25, -0.2) is 8.42 Å². The Labute approximate surface area is 171 Å². The molecule has 0 spiro atoms. The van der Waals surface area contributed by atoms with Gasteiger partial charge in [0.05, 0.1) is 10.6 Å². The number of hydrogen-bond acceptors (Lipinski definition) is 5. The molecule has 1 amide bonds. The first kappa shape index (κ1) is 19.7. The molecule has 2 fully saturated rings. The Morgan fingerprint density at radius 2 is 1.45 bits per heavy atom. The average Bonchev–Trinajstić information content (AvgIpc) is 3.30. The van der Waals surface area contributed by atoms with E-state index in [1.54, 1.807) is 29.2 Å². The van der Waals surface area contributed by atoms with Crippen molar-refractivity contribution < 1.29 is 18.3 Å². The third-order valence-corrected chi connectivity index (χ3v) is 7.51. The van der Waals surface area contributed by atoms with Crippen molar-refractivity contribution in [1.29, 1.82) is 0 Å². The van der Waals surface area contributed by atoms with Crippen LogP contribution in [-0.4, -0.2) is 67.9 Å². The molecule has 0 unspecified atom stereocenters. The fraction of sp³-hybridized carbons (Fsp3) is 0.381. The Hall–Kier alpha value is -2.58. The van der Waals surface area contributed by atoms with Crippen LogP contribution in [0.15, 0.2) is 53.4 Å². The van der Waals surface area contributed by atoms with Crippen LogP contribution in [0.25, 0.3) is 0 Å². The van der Waals surface area contributed by atoms with E-state index in [9.17, 15) is 18.3 Å². The Morgan fingerprint density at radius 1 is 0.828 bits per heavy atom. The maximum absolute atomic E-state index is 12.8. The molecule has 2 aliphatic rings. The topological polar surface area (TPSA) is 81.2 Å². The second kappa shape index (κ2) is 8.04. The summed E-state index contributed by atoms with van der Waals surface area (Å²) in [6, 6.07) is 13.4. The van der Waals surface area contributed by atoms with E-state index in [2.05, 4.69) is 4.90 Å². The first-order chi connectivity index (χ1) is 14.0. The van der Waals surface area contributed by atoms with Crippen LogP contribution in [0.1, 0.15) is 23.2 Å². The van der Waals surface area contributed by atoms with Crippen molar-refractivity contribution in [3.8, 4) is 5.75 Å². The van der Waals surface area contributed by atoms with Crippen molar-refractivity contribution in [3.63, 3.8) is 0 Å². The predicted octanol–water partition coefficient (Wildman–Crippen LogP) is 2.14. The number of nitrogens with zero attached hydrogens (tertiary/aromatic N) is 3. The molecule has 0 saturated carbocycles. The average molecular weight is 416 g/mol. The number of aromatic hydroxyl groups is 1. The predicted molar refractivity (Wildman–Crippen MR) is 111 cm³/mol. The summed E-state index contributed by atoms with van der Waals surface area (Å²) in [6.45, 7) is 3.46. The lowest BCUT2D eigenvalue weighted by atomic mass is 10.1. The number of piperazine rings is 1. The van der Waals surface area contributed by atoms with Crippen molar-refractivity contribution in [2.75, 3.05) is 44.2 Å². The summed E-state index contributed by atoms with van der Waals surface area (Å²) in [6.07, 6.45) is 1.78. The van der Waals surface area contributed by atoms with Crippen molar-refractivity contribution >= 4 is 21.6 Å². The molecule has 0 aromatic heterocycles. The minimum Gasteiger partial charge on any atom is -0.506 e. The van der Waals surface area contributed by atoms with Crippen LogP contribution in [0.3, 0.4) is 0 Å². The Kier molecular flexibility index (Phi) is 5.47. The van der Waals surface area contributed by atoms with Crippen LogP contribution in [0, 0.1) is 0 Å². The molecule has 154 valence electrons. The molecule has 2 aromatic rings. The summed E-state index contributed by atoms with van der Waals surface area (Å²) in [5.74, 6) is 0.133. The standard InChI is InChI=1S/C21H25N3O4S/c25-20-6-2-1-5-19(20)22-13-15-23(16-14-22)21(26)17-7-9-18(10-8-17)29(27,28)24-11-3-4-12-24/h1-2,5-10,25H,3-4,11-16H2. The van der Waals surface area contributed by atoms with Crippen molar-refractivity contribution in [2.24, 2.45) is 0 Å². The minimum absolute atomic E-state index is 0.105. The number of benzene rings is 2. The highest BCUT2D eigenvalue weighted by molar-refractivity contribution is 7.89. The van der Waals surface area contributed by atoms with Gasteiger partial charge in [0.25, 0.3) is 5.91 Å². The lowest BCUT2D eigenvalue weighted by Gasteiger charge is -2.36. The minimum atomic E-state index is -3.47. The number of sulfonamides is 1. The molecule has 2 saturated heterocycles. The van der Waals surface area contributed by atoms with Gasteiger partial charge in [-0.2, -0.15) is 4.31 Å². The molecule has 8 heteroatoms. The van der Waals surface area contributed by atoms with E-state index >= 15 is 0 Å². The Balaban J connectivity index is 1.41. The van der Waals surface area contributed by atoms with Crippen LogP contribution in [0.5, 0.6) is 5.75 Å². The third kappa shape index (κ3) is 3.95. The molecule has 0 atom stereocenters. The summed E-state index contributed by atoms with van der Waals surface area (Å²) in [7, 11) is -3.47. The second-order valence-electron chi connectivity index (χ2n) is 7.40. The third-order valence-electron chi connectivity index (χ3n) is 5.59. The summed E-state index contributed by atoms with van der Waals surface area (Å²) in [5.41, 5.74) is 1.26. The molecule has 1 N–H and O–H groups in total. The van der Waals surface area contributed by atoms with Gasteiger partial charge in [-0.15, -0.1) is 0 Å². The number of phenolic OH excluding ortho intramolecular Hbond substituents is 1. The van der Waals surface area contributed by atoms with Gasteiger partial charge in [0, 0.05) is 44.8 Å². The van der Waals surface area contributed by atoms with Gasteiger partial charge in [0.2, 0.25) is 10.0 Å². The highest BCUT2D eigenvalue weighted by atomic mass is 32.2. The molecule has 2 heterocycles. The van der Waals surface area contributed by atoms with Crippen LogP contribution in [0.2, 0.25) is 0 Å². The summed E-state index contributed by atoms with van der Waals surface area (Å²) in [4.78, 5) is 16.9. The van der Waals surface area contributed by atoms with E-state index in [-0.39, 0.29) is 16.6 Å². The summed E-state index contributed by atoms with van der Waals surface area (Å²) < 4.78 is 26.7. The Morgan fingerprint density at radius 3 is 2.07 bits per heavy atom. The van der Waals surface area contributed by atoms with Crippen molar-refractivity contribution in [3.05, 3.63) is 54.1 Å². The molecule has 4 rings (SSSR count). The fourth-order valence-corrected chi connectivity index (χ4v) is 5.43. The number of hydrogen-bond donors (Lipinski definition) is 1. The van der Waals surface area contributed by atoms with E-state index in [1.165, 1.54) is 16.4 Å². The van der Waals surface area contributed by atoms with Gasteiger partial charge in [-0.1, -0.05) is 12.1 Å². The Bertz CT molecular complexity index is 977. The molecule has 29 heavy (non-hydrogen) atoms. The molecular weight excluding hydrogens is 390 g/mol. The van der Waals surface area contributed by atoms with E-state index in [0.29, 0.717) is 44.8 Å². The number of carbonyl (C=O) groups excluding carboxylic acids is 1.